The highest BCUT2D eigenvalue weighted by atomic mass is 32.2. The van der Waals surface area contributed by atoms with Crippen molar-refractivity contribution in [3.8, 4) is 0 Å². The third-order valence-corrected chi connectivity index (χ3v) is 5.89. The predicted molar refractivity (Wildman–Crippen MR) is 86.1 cm³/mol. The van der Waals surface area contributed by atoms with E-state index < -0.39 is 16.1 Å². The predicted octanol–water partition coefficient (Wildman–Crippen LogP) is 1.96. The van der Waals surface area contributed by atoms with E-state index in [1.807, 2.05) is 26.0 Å². The van der Waals surface area contributed by atoms with E-state index in [-0.39, 0.29) is 16.7 Å². The zero-order valence-electron chi connectivity index (χ0n) is 13.5. The van der Waals surface area contributed by atoms with Crippen molar-refractivity contribution in [2.24, 2.45) is 5.92 Å². The van der Waals surface area contributed by atoms with Crippen LogP contribution in [0.2, 0.25) is 0 Å². The molecule has 0 aliphatic carbocycles. The number of sulfonamides is 1. The Hall–Kier alpha value is -1.40. The molecule has 1 aliphatic rings. The Morgan fingerprint density at radius 3 is 2.23 bits per heavy atom. The van der Waals surface area contributed by atoms with E-state index in [1.165, 1.54) is 4.31 Å². The molecule has 0 spiro atoms. The summed E-state index contributed by atoms with van der Waals surface area (Å²) in [6.45, 7) is 8.51. The van der Waals surface area contributed by atoms with Gasteiger partial charge in [-0.3, -0.25) is 4.79 Å². The zero-order valence-corrected chi connectivity index (χ0v) is 14.4. The molecule has 0 saturated carbocycles. The molecular weight excluding hydrogens is 300 g/mol. The first kappa shape index (κ1) is 17.0. The molecule has 6 heteroatoms. The van der Waals surface area contributed by atoms with Crippen molar-refractivity contribution in [3.63, 3.8) is 0 Å². The normalized spacial score (nSPS) is 20.5. The maximum Gasteiger partial charge on any atom is 0.243 e. The van der Waals surface area contributed by atoms with Crippen LogP contribution in [0, 0.1) is 5.92 Å². The van der Waals surface area contributed by atoms with Crippen molar-refractivity contribution in [2.75, 3.05) is 13.1 Å². The number of benzene rings is 1. The molecule has 1 atom stereocenters. The quantitative estimate of drug-likeness (QED) is 0.920. The molecule has 22 heavy (non-hydrogen) atoms. The fourth-order valence-electron chi connectivity index (χ4n) is 2.73. The summed E-state index contributed by atoms with van der Waals surface area (Å²) < 4.78 is 27.1. The smallest absolute Gasteiger partial charge is 0.243 e. The van der Waals surface area contributed by atoms with Crippen LogP contribution in [0.25, 0.3) is 0 Å². The summed E-state index contributed by atoms with van der Waals surface area (Å²) >= 11 is 0. The first-order chi connectivity index (χ1) is 10.2. The molecule has 0 bridgehead atoms. The van der Waals surface area contributed by atoms with Gasteiger partial charge in [-0.1, -0.05) is 39.8 Å². The van der Waals surface area contributed by atoms with Crippen molar-refractivity contribution in [2.45, 2.75) is 44.6 Å². The fraction of sp³-hybridized carbons (Fsp3) is 0.562. The van der Waals surface area contributed by atoms with Crippen LogP contribution in [-0.4, -0.2) is 37.8 Å². The Morgan fingerprint density at radius 2 is 1.73 bits per heavy atom. The highest BCUT2D eigenvalue weighted by Gasteiger charge is 2.40. The number of nitrogens with one attached hydrogen (secondary N) is 1. The van der Waals surface area contributed by atoms with Crippen molar-refractivity contribution in [3.05, 3.63) is 29.8 Å². The van der Waals surface area contributed by atoms with Gasteiger partial charge in [-0.25, -0.2) is 8.42 Å². The Kier molecular flexibility index (Phi) is 4.92. The summed E-state index contributed by atoms with van der Waals surface area (Å²) in [5, 5.41) is 2.75. The Morgan fingerprint density at radius 1 is 1.14 bits per heavy atom. The third kappa shape index (κ3) is 3.17. The molecule has 0 aromatic heterocycles. The van der Waals surface area contributed by atoms with Crippen molar-refractivity contribution in [1.29, 1.82) is 0 Å². The fourth-order valence-corrected chi connectivity index (χ4v) is 4.45. The minimum Gasteiger partial charge on any atom is -0.353 e. The summed E-state index contributed by atoms with van der Waals surface area (Å²) in [5.74, 6) is 0.0505. The standard InChI is InChI=1S/C16H24N2O3S/c1-11(2)13-5-7-14(8-6-13)22(20,21)18-10-9-17-16(19)15(18)12(3)4/h5-8,11-12,15H,9-10H2,1-4H3,(H,17,19). The SMILES string of the molecule is CC(C)c1ccc(S(=O)(=O)N2CCNC(=O)C2C(C)C)cc1. The molecule has 1 aromatic rings. The van der Waals surface area contributed by atoms with E-state index in [0.717, 1.165) is 5.56 Å². The van der Waals surface area contributed by atoms with Crippen LogP contribution >= 0.6 is 0 Å². The summed E-state index contributed by atoms with van der Waals surface area (Å²) in [4.78, 5) is 12.3. The maximum absolute atomic E-state index is 12.9. The number of carbonyl (C=O) groups is 1. The largest absolute Gasteiger partial charge is 0.353 e. The molecule has 1 saturated heterocycles. The van der Waals surface area contributed by atoms with Crippen LogP contribution in [0.1, 0.15) is 39.2 Å². The molecule has 122 valence electrons. The lowest BCUT2D eigenvalue weighted by Gasteiger charge is -2.36. The molecular formula is C16H24N2O3S. The van der Waals surface area contributed by atoms with Gasteiger partial charge in [0.05, 0.1) is 4.90 Å². The lowest BCUT2D eigenvalue weighted by molar-refractivity contribution is -0.128. The van der Waals surface area contributed by atoms with E-state index in [0.29, 0.717) is 19.0 Å². The topological polar surface area (TPSA) is 66.5 Å². The minimum atomic E-state index is -3.66. The number of hydrogen-bond acceptors (Lipinski definition) is 3. The molecule has 1 aromatic carbocycles. The average molecular weight is 324 g/mol. The van der Waals surface area contributed by atoms with E-state index in [1.54, 1.807) is 12.1 Å². The highest BCUT2D eigenvalue weighted by molar-refractivity contribution is 7.89. The Labute approximate surface area is 132 Å². The molecule has 5 nitrogen and oxygen atoms in total. The molecule has 1 fully saturated rings. The van der Waals surface area contributed by atoms with Crippen LogP contribution in [0.4, 0.5) is 0 Å². The molecule has 1 unspecified atom stereocenters. The van der Waals surface area contributed by atoms with Gasteiger partial charge in [0.1, 0.15) is 6.04 Å². The van der Waals surface area contributed by atoms with Gasteiger partial charge in [0.2, 0.25) is 15.9 Å². The van der Waals surface area contributed by atoms with Gasteiger partial charge in [-0.2, -0.15) is 4.31 Å². The number of piperazine rings is 1. The lowest BCUT2D eigenvalue weighted by atomic mass is 10.0. The van der Waals surface area contributed by atoms with Gasteiger partial charge < -0.3 is 5.32 Å². The van der Waals surface area contributed by atoms with Crippen molar-refractivity contribution < 1.29 is 13.2 Å². The maximum atomic E-state index is 12.9. The molecule has 2 rings (SSSR count). The van der Waals surface area contributed by atoms with Crippen LogP contribution in [-0.2, 0) is 14.8 Å². The van der Waals surface area contributed by atoms with Gasteiger partial charge in [0.25, 0.3) is 0 Å². The Balaban J connectivity index is 2.37. The van der Waals surface area contributed by atoms with Gasteiger partial charge in [-0.15, -0.1) is 0 Å². The average Bonchev–Trinajstić information content (AvgIpc) is 2.46. The Bertz CT molecular complexity index is 636. The monoisotopic (exact) mass is 324 g/mol. The van der Waals surface area contributed by atoms with E-state index in [4.69, 9.17) is 0 Å². The zero-order chi connectivity index (χ0) is 16.5. The van der Waals surface area contributed by atoms with Gasteiger partial charge in [0.15, 0.2) is 0 Å². The summed E-state index contributed by atoms with van der Waals surface area (Å²) in [6.07, 6.45) is 0. The van der Waals surface area contributed by atoms with Crippen molar-refractivity contribution in [1.82, 2.24) is 9.62 Å². The number of carbonyl (C=O) groups excluding carboxylic acids is 1. The second-order valence-electron chi connectivity index (χ2n) is 6.32. The van der Waals surface area contributed by atoms with Gasteiger partial charge in [-0.05, 0) is 29.5 Å². The second-order valence-corrected chi connectivity index (χ2v) is 8.21. The number of rotatable bonds is 4. The molecule has 1 heterocycles. The first-order valence-corrected chi connectivity index (χ1v) is 9.08. The van der Waals surface area contributed by atoms with Crippen LogP contribution in [0.5, 0.6) is 0 Å². The number of amides is 1. The van der Waals surface area contributed by atoms with Crippen LogP contribution in [0.3, 0.4) is 0 Å². The minimum absolute atomic E-state index is 0.0787. The summed E-state index contributed by atoms with van der Waals surface area (Å²) in [5.41, 5.74) is 1.09. The molecule has 1 amide bonds. The van der Waals surface area contributed by atoms with E-state index in [9.17, 15) is 13.2 Å². The van der Waals surface area contributed by atoms with E-state index in [2.05, 4.69) is 19.2 Å². The van der Waals surface area contributed by atoms with Crippen molar-refractivity contribution >= 4 is 15.9 Å². The molecule has 0 radical (unpaired) electrons. The van der Waals surface area contributed by atoms with Gasteiger partial charge >= 0.3 is 0 Å². The van der Waals surface area contributed by atoms with Crippen LogP contribution in [0.15, 0.2) is 29.2 Å². The van der Waals surface area contributed by atoms with Gasteiger partial charge in [0, 0.05) is 13.1 Å². The third-order valence-electron chi connectivity index (χ3n) is 4.00. The highest BCUT2D eigenvalue weighted by Crippen LogP contribution is 2.25. The second kappa shape index (κ2) is 6.38. The lowest BCUT2D eigenvalue weighted by Crippen LogP contribution is -2.58. The molecule has 1 N–H and O–H groups in total. The first-order valence-electron chi connectivity index (χ1n) is 7.64. The number of nitrogens with zero attached hydrogens (tertiary/aromatic N) is 1. The van der Waals surface area contributed by atoms with E-state index >= 15 is 0 Å². The molecule has 1 aliphatic heterocycles. The summed E-state index contributed by atoms with van der Waals surface area (Å²) in [7, 11) is -3.66. The summed E-state index contributed by atoms with van der Waals surface area (Å²) in [6, 6.07) is 6.30. The number of hydrogen-bond donors (Lipinski definition) is 1. The van der Waals surface area contributed by atoms with Crippen LogP contribution < -0.4 is 5.32 Å².